The van der Waals surface area contributed by atoms with E-state index in [9.17, 15) is 0 Å². The van der Waals surface area contributed by atoms with Gasteiger partial charge in [0.2, 0.25) is 0 Å². The molecule has 2 rings (SSSR count). The average molecular weight is 254 g/mol. The van der Waals surface area contributed by atoms with Crippen molar-refractivity contribution in [2.45, 2.75) is 26.5 Å². The van der Waals surface area contributed by atoms with Crippen LogP contribution in [-0.2, 0) is 13.2 Å². The number of rotatable bonds is 5. The van der Waals surface area contributed by atoms with E-state index in [1.807, 2.05) is 0 Å². The summed E-state index contributed by atoms with van der Waals surface area (Å²) >= 11 is 5.87. The highest BCUT2D eigenvalue weighted by Gasteiger charge is 2.07. The molecule has 0 radical (unpaired) electrons. The zero-order valence-electron chi connectivity index (χ0n) is 9.38. The Morgan fingerprint density at radius 1 is 1.47 bits per heavy atom. The number of aryl methyl sites for hydroxylation is 1. The van der Waals surface area contributed by atoms with E-state index in [1.165, 1.54) is 0 Å². The molecule has 0 aromatic carbocycles. The largest absolute Gasteiger partial charge is 0.482 e. The van der Waals surface area contributed by atoms with E-state index in [1.54, 1.807) is 23.0 Å². The average Bonchev–Trinajstić information content (AvgIpc) is 2.76. The highest BCUT2D eigenvalue weighted by molar-refractivity contribution is 6.30. The summed E-state index contributed by atoms with van der Waals surface area (Å²) in [5.41, 5.74) is 0. The number of halogens is 1. The number of nitrogens with zero attached hydrogens (tertiary/aromatic N) is 5. The van der Waals surface area contributed by atoms with Gasteiger partial charge in [-0.2, -0.15) is 0 Å². The third-order valence-corrected chi connectivity index (χ3v) is 2.41. The third-order valence-electron chi connectivity index (χ3n) is 2.12. The van der Waals surface area contributed by atoms with Crippen molar-refractivity contribution < 1.29 is 4.74 Å². The molecule has 0 amide bonds. The lowest BCUT2D eigenvalue weighted by Crippen LogP contribution is -2.08. The van der Waals surface area contributed by atoms with Crippen LogP contribution >= 0.6 is 11.6 Å². The number of aromatic nitrogens is 5. The number of hydrogen-bond donors (Lipinski definition) is 0. The van der Waals surface area contributed by atoms with E-state index in [4.69, 9.17) is 16.3 Å². The van der Waals surface area contributed by atoms with Crippen molar-refractivity contribution in [2.75, 3.05) is 0 Å². The molecule has 7 heteroatoms. The minimum absolute atomic E-state index is 0.276. The second-order valence-electron chi connectivity index (χ2n) is 3.40. The van der Waals surface area contributed by atoms with Crippen LogP contribution in [-0.4, -0.2) is 25.2 Å². The van der Waals surface area contributed by atoms with Gasteiger partial charge in [0.05, 0.1) is 0 Å². The van der Waals surface area contributed by atoms with Gasteiger partial charge in [-0.05, 0) is 29.0 Å². The van der Waals surface area contributed by atoms with Gasteiger partial charge in [-0.3, -0.25) is 0 Å². The fraction of sp³-hybridized carbons (Fsp3) is 0.400. The molecule has 0 aliphatic carbocycles. The second-order valence-corrected chi connectivity index (χ2v) is 3.76. The molecule has 0 unspecified atom stereocenters. The molecule has 0 fully saturated rings. The number of tetrazole rings is 1. The van der Waals surface area contributed by atoms with Crippen LogP contribution in [0.1, 0.15) is 19.2 Å². The first-order chi connectivity index (χ1) is 8.31. The van der Waals surface area contributed by atoms with Crippen LogP contribution in [0.25, 0.3) is 0 Å². The normalized spacial score (nSPS) is 10.5. The Hall–Kier alpha value is -1.69. The Kier molecular flexibility index (Phi) is 3.87. The molecule has 0 atom stereocenters. The van der Waals surface area contributed by atoms with Crippen molar-refractivity contribution in [1.29, 1.82) is 0 Å². The van der Waals surface area contributed by atoms with Gasteiger partial charge in [0, 0.05) is 12.7 Å². The van der Waals surface area contributed by atoms with Crippen molar-refractivity contribution in [3.63, 3.8) is 0 Å². The van der Waals surface area contributed by atoms with E-state index >= 15 is 0 Å². The second kappa shape index (κ2) is 5.58. The monoisotopic (exact) mass is 253 g/mol. The minimum atomic E-state index is 0.276. The highest BCUT2D eigenvalue weighted by atomic mass is 35.5. The van der Waals surface area contributed by atoms with Gasteiger partial charge in [0.1, 0.15) is 6.61 Å². The van der Waals surface area contributed by atoms with Crippen molar-refractivity contribution >= 4 is 11.6 Å². The predicted molar refractivity (Wildman–Crippen MR) is 61.7 cm³/mol. The van der Waals surface area contributed by atoms with Gasteiger partial charge < -0.3 is 4.74 Å². The summed E-state index contributed by atoms with van der Waals surface area (Å²) in [5, 5.41) is 11.7. The lowest BCUT2D eigenvalue weighted by Gasteiger charge is -2.06. The molecule has 0 saturated carbocycles. The van der Waals surface area contributed by atoms with Crippen molar-refractivity contribution in [3.05, 3.63) is 29.3 Å². The zero-order valence-corrected chi connectivity index (χ0v) is 10.1. The Labute approximate surface area is 104 Å². The summed E-state index contributed by atoms with van der Waals surface area (Å²) in [6, 6.07) is 3.51. The van der Waals surface area contributed by atoms with Crippen LogP contribution in [0.3, 0.4) is 0 Å². The summed E-state index contributed by atoms with van der Waals surface area (Å²) in [7, 11) is 0. The first-order valence-electron chi connectivity index (χ1n) is 5.29. The van der Waals surface area contributed by atoms with Crippen molar-refractivity contribution in [3.8, 4) is 5.75 Å². The summed E-state index contributed by atoms with van der Waals surface area (Å²) in [4.78, 5) is 3.92. The molecule has 2 aromatic heterocycles. The van der Waals surface area contributed by atoms with Gasteiger partial charge >= 0.3 is 0 Å². The van der Waals surface area contributed by atoms with E-state index in [0.717, 1.165) is 13.0 Å². The van der Waals surface area contributed by atoms with Crippen molar-refractivity contribution in [2.24, 2.45) is 0 Å². The maximum atomic E-state index is 5.87. The summed E-state index contributed by atoms with van der Waals surface area (Å²) in [6.07, 6.45) is 2.57. The maximum absolute atomic E-state index is 5.87. The molecule has 2 heterocycles. The zero-order chi connectivity index (χ0) is 12.1. The van der Waals surface area contributed by atoms with Crippen LogP contribution in [0.15, 0.2) is 18.3 Å². The summed E-state index contributed by atoms with van der Waals surface area (Å²) in [6.45, 7) is 3.11. The number of ether oxygens (including phenoxy) is 1. The van der Waals surface area contributed by atoms with Crippen LogP contribution in [0, 0.1) is 0 Å². The smallest absolute Gasteiger partial charge is 0.189 e. The van der Waals surface area contributed by atoms with Gasteiger partial charge in [0.15, 0.2) is 16.7 Å². The molecule has 0 N–H and O–H groups in total. The first kappa shape index (κ1) is 11.8. The summed E-state index contributed by atoms with van der Waals surface area (Å²) in [5.74, 6) is 1.20. The molecule has 2 aromatic rings. The first-order valence-corrected chi connectivity index (χ1v) is 5.67. The number of hydrogen-bond acceptors (Lipinski definition) is 5. The highest BCUT2D eigenvalue weighted by Crippen LogP contribution is 2.21. The Balaban J connectivity index is 2.02. The maximum Gasteiger partial charge on any atom is 0.189 e. The van der Waals surface area contributed by atoms with E-state index in [-0.39, 0.29) is 6.61 Å². The quantitative estimate of drug-likeness (QED) is 0.759. The Morgan fingerprint density at radius 2 is 2.35 bits per heavy atom. The summed E-state index contributed by atoms with van der Waals surface area (Å²) < 4.78 is 7.22. The molecule has 0 aliphatic rings. The topological polar surface area (TPSA) is 65.7 Å². The molecular weight excluding hydrogens is 242 g/mol. The fourth-order valence-corrected chi connectivity index (χ4v) is 1.51. The van der Waals surface area contributed by atoms with Crippen molar-refractivity contribution in [1.82, 2.24) is 25.2 Å². The molecule has 0 saturated heterocycles. The van der Waals surface area contributed by atoms with Crippen LogP contribution in [0.5, 0.6) is 5.75 Å². The fourth-order valence-electron chi connectivity index (χ4n) is 1.33. The molecule has 0 aliphatic heterocycles. The predicted octanol–water partition coefficient (Wildman–Crippen LogP) is 1.71. The van der Waals surface area contributed by atoms with Gasteiger partial charge in [0.25, 0.3) is 0 Å². The molecule has 17 heavy (non-hydrogen) atoms. The van der Waals surface area contributed by atoms with E-state index < -0.39 is 0 Å². The Bertz CT molecular complexity index is 487. The van der Waals surface area contributed by atoms with Crippen LogP contribution < -0.4 is 4.74 Å². The van der Waals surface area contributed by atoms with Gasteiger partial charge in [-0.15, -0.1) is 5.10 Å². The molecule has 6 nitrogen and oxygen atoms in total. The van der Waals surface area contributed by atoms with Gasteiger partial charge in [-0.1, -0.05) is 18.5 Å². The standard InChI is InChI=1S/C10H12ClN5O/c1-2-6-16-9(13-14-15-16)7-17-8-4-3-5-12-10(8)11/h3-5H,2,6-7H2,1H3. The SMILES string of the molecule is CCCn1nnnc1COc1cccnc1Cl. The molecule has 0 spiro atoms. The lowest BCUT2D eigenvalue weighted by atomic mass is 10.4. The molecule has 0 bridgehead atoms. The van der Waals surface area contributed by atoms with Gasteiger partial charge in [-0.25, -0.2) is 9.67 Å². The van der Waals surface area contributed by atoms with E-state index in [0.29, 0.717) is 16.7 Å². The molecule has 90 valence electrons. The molecular formula is C10H12ClN5O. The third kappa shape index (κ3) is 2.91. The van der Waals surface area contributed by atoms with Crippen LogP contribution in [0.4, 0.5) is 0 Å². The minimum Gasteiger partial charge on any atom is -0.482 e. The van der Waals surface area contributed by atoms with E-state index in [2.05, 4.69) is 27.4 Å². The lowest BCUT2D eigenvalue weighted by molar-refractivity contribution is 0.285. The Morgan fingerprint density at radius 3 is 3.12 bits per heavy atom. The van der Waals surface area contributed by atoms with Crippen LogP contribution in [0.2, 0.25) is 5.15 Å². The number of pyridine rings is 1.